The molecule has 0 amide bonds. The largest absolute Gasteiger partial charge is 0.466 e. The van der Waals surface area contributed by atoms with Gasteiger partial charge in [-0.25, -0.2) is 4.98 Å². The van der Waals surface area contributed by atoms with Crippen LogP contribution in [-0.4, -0.2) is 17.6 Å². The molecule has 0 atom stereocenters. The van der Waals surface area contributed by atoms with Crippen molar-refractivity contribution >= 4 is 23.3 Å². The lowest BCUT2D eigenvalue weighted by Crippen LogP contribution is -2.08. The average Bonchev–Trinajstić information content (AvgIpc) is 2.12. The molecule has 4 nitrogen and oxygen atoms in total. The molecule has 0 aliphatic heterocycles. The van der Waals surface area contributed by atoms with Crippen molar-refractivity contribution in [2.45, 2.75) is 13.3 Å². The molecule has 1 aromatic heterocycles. The Hall–Kier alpha value is -1.29. The molecule has 0 unspecified atom stereocenters. The smallest absolute Gasteiger partial charge is 0.310 e. The molecule has 1 aromatic rings. The summed E-state index contributed by atoms with van der Waals surface area (Å²) in [6.45, 7) is 2.13. The zero-order valence-electron chi connectivity index (χ0n) is 7.79. The van der Waals surface area contributed by atoms with Crippen molar-refractivity contribution in [3.8, 4) is 0 Å². The third-order valence-corrected chi connectivity index (χ3v) is 1.89. The highest BCUT2D eigenvalue weighted by Crippen LogP contribution is 2.16. The summed E-state index contributed by atoms with van der Waals surface area (Å²) >= 11 is 5.63. The van der Waals surface area contributed by atoms with Crippen molar-refractivity contribution in [3.63, 3.8) is 0 Å². The summed E-state index contributed by atoms with van der Waals surface area (Å²) in [6, 6.07) is 1.62. The molecule has 14 heavy (non-hydrogen) atoms. The van der Waals surface area contributed by atoms with Gasteiger partial charge in [0.05, 0.1) is 18.7 Å². The molecule has 5 heteroatoms. The molecule has 0 bridgehead atoms. The molecule has 0 saturated carbocycles. The van der Waals surface area contributed by atoms with Crippen LogP contribution < -0.4 is 5.73 Å². The van der Waals surface area contributed by atoms with Crippen molar-refractivity contribution in [2.24, 2.45) is 0 Å². The predicted molar refractivity (Wildman–Crippen MR) is 54.0 cm³/mol. The van der Waals surface area contributed by atoms with Crippen LogP contribution in [0.5, 0.6) is 0 Å². The number of pyridine rings is 1. The fourth-order valence-corrected chi connectivity index (χ4v) is 1.09. The van der Waals surface area contributed by atoms with Crippen LogP contribution in [0.4, 0.5) is 5.69 Å². The number of ether oxygens (including phenoxy) is 1. The summed E-state index contributed by atoms with van der Waals surface area (Å²) in [6.07, 6.45) is 1.68. The summed E-state index contributed by atoms with van der Waals surface area (Å²) in [5, 5.41) is 0.248. The SMILES string of the molecule is CCOC(=O)Cc1cnc(Cl)c(N)c1. The van der Waals surface area contributed by atoms with E-state index in [-0.39, 0.29) is 17.5 Å². The maximum absolute atomic E-state index is 11.1. The molecule has 0 radical (unpaired) electrons. The molecular formula is C9H11ClN2O2. The molecule has 1 heterocycles. The van der Waals surface area contributed by atoms with Gasteiger partial charge in [0.1, 0.15) is 0 Å². The molecule has 0 spiro atoms. The zero-order chi connectivity index (χ0) is 10.6. The second kappa shape index (κ2) is 4.81. The number of nitrogens with zero attached hydrogens (tertiary/aromatic N) is 1. The summed E-state index contributed by atoms with van der Waals surface area (Å²) < 4.78 is 4.78. The highest BCUT2D eigenvalue weighted by atomic mass is 35.5. The highest BCUT2D eigenvalue weighted by Gasteiger charge is 2.06. The van der Waals surface area contributed by atoms with E-state index in [1.165, 1.54) is 6.20 Å². The maximum atomic E-state index is 11.1. The van der Waals surface area contributed by atoms with Gasteiger partial charge >= 0.3 is 5.97 Å². The van der Waals surface area contributed by atoms with Crippen LogP contribution in [0.15, 0.2) is 12.3 Å². The van der Waals surface area contributed by atoms with Crippen molar-refractivity contribution in [1.82, 2.24) is 4.98 Å². The second-order valence-corrected chi connectivity index (χ2v) is 3.06. The summed E-state index contributed by atoms with van der Waals surface area (Å²) in [5.74, 6) is -0.295. The first kappa shape index (κ1) is 10.8. The molecule has 2 N–H and O–H groups in total. The summed E-state index contributed by atoms with van der Waals surface area (Å²) in [4.78, 5) is 14.9. The fourth-order valence-electron chi connectivity index (χ4n) is 0.986. The van der Waals surface area contributed by atoms with E-state index in [4.69, 9.17) is 22.1 Å². The number of hydrogen-bond donors (Lipinski definition) is 1. The van der Waals surface area contributed by atoms with E-state index in [1.54, 1.807) is 13.0 Å². The highest BCUT2D eigenvalue weighted by molar-refractivity contribution is 6.31. The third-order valence-electron chi connectivity index (χ3n) is 1.58. The zero-order valence-corrected chi connectivity index (χ0v) is 8.54. The Morgan fingerprint density at radius 2 is 2.43 bits per heavy atom. The Kier molecular flexibility index (Phi) is 3.71. The van der Waals surface area contributed by atoms with E-state index in [0.717, 1.165) is 0 Å². The fraction of sp³-hybridized carbons (Fsp3) is 0.333. The monoisotopic (exact) mass is 214 g/mol. The third kappa shape index (κ3) is 2.88. The minimum Gasteiger partial charge on any atom is -0.466 e. The standard InChI is InChI=1S/C9H11ClN2O2/c1-2-14-8(13)4-6-3-7(11)9(10)12-5-6/h3,5H,2,4,11H2,1H3. The van der Waals surface area contributed by atoms with Crippen molar-refractivity contribution in [1.29, 1.82) is 0 Å². The number of carbonyl (C=O) groups is 1. The van der Waals surface area contributed by atoms with Crippen molar-refractivity contribution in [2.75, 3.05) is 12.3 Å². The lowest BCUT2D eigenvalue weighted by atomic mass is 10.2. The van der Waals surface area contributed by atoms with E-state index in [0.29, 0.717) is 17.9 Å². The average molecular weight is 215 g/mol. The van der Waals surface area contributed by atoms with Crippen molar-refractivity contribution in [3.05, 3.63) is 23.0 Å². The van der Waals surface area contributed by atoms with Gasteiger partial charge in [-0.2, -0.15) is 0 Å². The summed E-state index contributed by atoms with van der Waals surface area (Å²) in [5.41, 5.74) is 6.59. The predicted octanol–water partition coefficient (Wildman–Crippen LogP) is 1.42. The quantitative estimate of drug-likeness (QED) is 0.611. The molecule has 0 aromatic carbocycles. The van der Waals surface area contributed by atoms with Gasteiger partial charge in [0.15, 0.2) is 5.15 Å². The lowest BCUT2D eigenvalue weighted by Gasteiger charge is -2.03. The van der Waals surface area contributed by atoms with Crippen LogP contribution >= 0.6 is 11.6 Å². The lowest BCUT2D eigenvalue weighted by molar-refractivity contribution is -0.142. The molecule has 0 aliphatic carbocycles. The topological polar surface area (TPSA) is 65.2 Å². The van der Waals surface area contributed by atoms with Gasteiger partial charge in [0.25, 0.3) is 0 Å². The molecule has 0 aliphatic rings. The van der Waals surface area contributed by atoms with Crippen LogP contribution in [-0.2, 0) is 16.0 Å². The van der Waals surface area contributed by atoms with Crippen LogP contribution in [0.1, 0.15) is 12.5 Å². The normalized spacial score (nSPS) is 9.86. The number of hydrogen-bond acceptors (Lipinski definition) is 4. The van der Waals surface area contributed by atoms with E-state index < -0.39 is 0 Å². The van der Waals surface area contributed by atoms with Gasteiger partial charge in [-0.1, -0.05) is 11.6 Å². The number of nitrogen functional groups attached to an aromatic ring is 1. The van der Waals surface area contributed by atoms with E-state index in [9.17, 15) is 4.79 Å². The number of halogens is 1. The Labute approximate surface area is 87.0 Å². The van der Waals surface area contributed by atoms with Gasteiger partial charge in [-0.15, -0.1) is 0 Å². The Morgan fingerprint density at radius 3 is 3.00 bits per heavy atom. The van der Waals surface area contributed by atoms with E-state index in [2.05, 4.69) is 4.98 Å². The molecule has 0 saturated heterocycles. The first-order chi connectivity index (χ1) is 6.63. The van der Waals surface area contributed by atoms with Gasteiger partial charge in [0, 0.05) is 6.20 Å². The minimum absolute atomic E-state index is 0.169. The number of nitrogens with two attached hydrogens (primary N) is 1. The molecule has 76 valence electrons. The number of carbonyl (C=O) groups excluding carboxylic acids is 1. The van der Waals surface area contributed by atoms with Crippen LogP contribution in [0, 0.1) is 0 Å². The number of rotatable bonds is 3. The van der Waals surface area contributed by atoms with Gasteiger partial charge in [-0.05, 0) is 18.6 Å². The van der Waals surface area contributed by atoms with Crippen LogP contribution in [0.25, 0.3) is 0 Å². The maximum Gasteiger partial charge on any atom is 0.310 e. The van der Waals surface area contributed by atoms with Crippen molar-refractivity contribution < 1.29 is 9.53 Å². The van der Waals surface area contributed by atoms with Gasteiger partial charge in [0.2, 0.25) is 0 Å². The van der Waals surface area contributed by atoms with Crippen LogP contribution in [0.2, 0.25) is 5.15 Å². The molecule has 0 fully saturated rings. The van der Waals surface area contributed by atoms with E-state index >= 15 is 0 Å². The molecule has 1 rings (SSSR count). The Balaban J connectivity index is 2.68. The Morgan fingerprint density at radius 1 is 1.71 bits per heavy atom. The van der Waals surface area contributed by atoms with Crippen LogP contribution in [0.3, 0.4) is 0 Å². The van der Waals surface area contributed by atoms with Gasteiger partial charge in [-0.3, -0.25) is 4.79 Å². The minimum atomic E-state index is -0.295. The second-order valence-electron chi connectivity index (χ2n) is 2.71. The number of anilines is 1. The number of aromatic nitrogens is 1. The van der Waals surface area contributed by atoms with E-state index in [1.807, 2.05) is 0 Å². The summed E-state index contributed by atoms with van der Waals surface area (Å²) in [7, 11) is 0. The first-order valence-corrected chi connectivity index (χ1v) is 4.56. The first-order valence-electron chi connectivity index (χ1n) is 4.19. The van der Waals surface area contributed by atoms with Gasteiger partial charge < -0.3 is 10.5 Å². The Bertz CT molecular complexity index is 342. The molecular weight excluding hydrogens is 204 g/mol. The number of esters is 1.